The van der Waals surface area contributed by atoms with Crippen LogP contribution in [0, 0.1) is 33.1 Å². The van der Waals surface area contributed by atoms with Gasteiger partial charge in [-0.25, -0.2) is 9.36 Å². The summed E-state index contributed by atoms with van der Waals surface area (Å²) in [6, 6.07) is 41.4. The van der Waals surface area contributed by atoms with Gasteiger partial charge in [-0.15, -0.1) is 51.4 Å². The van der Waals surface area contributed by atoms with Gasteiger partial charge in [0.15, 0.2) is 0 Å². The molecule has 0 aliphatic heterocycles. The van der Waals surface area contributed by atoms with Gasteiger partial charge in [0.05, 0.1) is 74.7 Å². The van der Waals surface area contributed by atoms with Gasteiger partial charge in [-0.3, -0.25) is 0 Å². The Labute approximate surface area is 611 Å². The molecule has 8 rings (SSSR count). The van der Waals surface area contributed by atoms with E-state index in [9.17, 15) is 35.7 Å². The summed E-state index contributed by atoms with van der Waals surface area (Å²) in [6.07, 6.45) is 3.09. The van der Waals surface area contributed by atoms with E-state index in [0.717, 1.165) is 67.3 Å². The minimum absolute atomic E-state index is 0.0223. The Morgan fingerprint density at radius 2 is 0.833 bits per heavy atom. The number of alkyl halides is 3. The molecule has 6 aromatic carbocycles. The molecular formula is C75H96Cl3N9O15. The van der Waals surface area contributed by atoms with Crippen molar-refractivity contribution < 1.29 is 74.4 Å². The van der Waals surface area contributed by atoms with E-state index in [1.165, 1.54) is 15.6 Å². The van der Waals surface area contributed by atoms with Crippen LogP contribution in [-0.2, 0) is 42.5 Å². The summed E-state index contributed by atoms with van der Waals surface area (Å²) in [5.74, 6) is 6.51. The van der Waals surface area contributed by atoms with Crippen molar-refractivity contribution in [2.45, 2.75) is 141 Å². The molecule has 0 aliphatic carbocycles. The zero-order chi connectivity index (χ0) is 75.0. The Kier molecular flexibility index (Phi) is 35.1. The lowest BCUT2D eigenvalue weighted by molar-refractivity contribution is 0.0866. The number of aliphatic hydroxyl groups is 9. The number of azide groups is 1. The number of hydrogen-bond donors (Lipinski definition) is 9. The van der Waals surface area contributed by atoms with Crippen molar-refractivity contribution in [3.63, 3.8) is 0 Å². The fraction of sp³-hybridized carbons (Fsp3) is 0.440. The summed E-state index contributed by atoms with van der Waals surface area (Å²) in [6.45, 7) is 19.4. The maximum Gasteiger partial charge on any atom is 0.122 e. The number of halogens is 3. The van der Waals surface area contributed by atoms with Crippen molar-refractivity contribution >= 4 is 34.8 Å². The third kappa shape index (κ3) is 26.6. The van der Waals surface area contributed by atoms with Crippen LogP contribution in [0.15, 0.2) is 145 Å². The lowest BCUT2D eigenvalue weighted by Gasteiger charge is -2.27. The lowest BCUT2D eigenvalue weighted by atomic mass is 9.77. The van der Waals surface area contributed by atoms with Crippen molar-refractivity contribution in [1.82, 2.24) is 30.0 Å². The Balaban J connectivity index is 0.000000269. The number of aromatic nitrogens is 6. The molecule has 8 aromatic rings. The van der Waals surface area contributed by atoms with Gasteiger partial charge >= 0.3 is 0 Å². The van der Waals surface area contributed by atoms with Gasteiger partial charge in [0.2, 0.25) is 0 Å². The first-order valence-corrected chi connectivity index (χ1v) is 34.5. The third-order valence-corrected chi connectivity index (χ3v) is 17.5. The second-order valence-electron chi connectivity index (χ2n) is 25.6. The summed E-state index contributed by atoms with van der Waals surface area (Å²) in [4.78, 5) is 2.62. The number of aryl methyl sites for hydroxylation is 3. The van der Waals surface area contributed by atoms with Gasteiger partial charge in [0.25, 0.3) is 0 Å². The summed E-state index contributed by atoms with van der Waals surface area (Å²) >= 11 is 16.9. The van der Waals surface area contributed by atoms with Crippen molar-refractivity contribution in [2.24, 2.45) is 5.11 Å². The lowest BCUT2D eigenvalue weighted by Crippen LogP contribution is -2.25. The molecule has 2 heterocycles. The Hall–Kier alpha value is -8.22. The van der Waals surface area contributed by atoms with Crippen molar-refractivity contribution in [3.8, 4) is 46.8 Å². The number of ether oxygens (including phenoxy) is 6. The molecule has 102 heavy (non-hydrogen) atoms. The molecule has 0 unspecified atom stereocenters. The Morgan fingerprint density at radius 3 is 1.15 bits per heavy atom. The van der Waals surface area contributed by atoms with Gasteiger partial charge < -0.3 is 74.4 Å². The van der Waals surface area contributed by atoms with E-state index in [1.54, 1.807) is 6.20 Å². The van der Waals surface area contributed by atoms with Crippen LogP contribution < -0.4 is 28.4 Å². The fourth-order valence-electron chi connectivity index (χ4n) is 10.0. The van der Waals surface area contributed by atoms with E-state index < -0.39 is 36.6 Å². The molecule has 0 fully saturated rings. The SMILES string of the molecule is C#CCO.Cc1cc(C(C)(C)c2ccc(OC[C@H](O)CN=[N+]=[N-])cc2)ccc1OC[C@H](O)CCl.Cc1cc(C(C)(C)c2ccc(OC[C@H](O)Cn3cc(CO)nn3)cc2)ccc1OC[C@H](O)CCl.Cc1cc(C(C)(C)c2ccc(OC[C@H](O)Cn3nncc3CO)cc2)ccc1OC[C@H](O)CCl. The number of terminal acetylenes is 1. The van der Waals surface area contributed by atoms with Crippen molar-refractivity contribution in [2.75, 3.05) is 70.4 Å². The molecule has 552 valence electrons. The molecule has 0 bridgehead atoms. The third-order valence-electron chi connectivity index (χ3n) is 16.4. The predicted molar refractivity (Wildman–Crippen MR) is 392 cm³/mol. The average molecular weight is 1470 g/mol. The van der Waals surface area contributed by atoms with E-state index in [2.05, 4.69) is 96.8 Å². The Morgan fingerprint density at radius 1 is 0.490 bits per heavy atom. The molecule has 9 N–H and O–H groups in total. The molecule has 0 aliphatic rings. The smallest absolute Gasteiger partial charge is 0.122 e. The average Bonchev–Trinajstić information content (AvgIpc) is 0.921. The van der Waals surface area contributed by atoms with Gasteiger partial charge in [-0.2, -0.15) is 0 Å². The summed E-state index contributed by atoms with van der Waals surface area (Å²) in [5, 5.41) is 103. The van der Waals surface area contributed by atoms with Crippen LogP contribution in [-0.4, -0.2) is 183 Å². The standard InChI is InChI=1S/2C25H32ClN3O5.C22H28ClN3O4.C3H4O/c1-17-10-19(6-9-24(17)34-15-21(31)11-26)25(2,3)18-4-7-23(8-5-18)33-16-22(32)13-29-12-20(14-30)27-28-29;1-17-10-19(6-9-24(17)34-15-21(31)11-26)25(2,3)18-4-7-23(8-5-18)33-16-22(32)13-29-20(14-30)12-27-28-29;1-15-10-17(6-9-21(15)30-13-18(27)11-23)22(2,3)16-4-7-20(8-5-16)29-14-19(28)12-25-26-24;1-2-3-4/h2*4-10,12,21-22,30-32H,11,13-16H2,1-3H3;4-10,18-19,27-28H,11-14H2,1-3H3;1,4H,3H2/t2*21-,22-;18-,19-;/m111./s1. The zero-order valence-electron chi connectivity index (χ0n) is 59.1. The molecule has 0 amide bonds. The summed E-state index contributed by atoms with van der Waals surface area (Å²) in [5.41, 5.74) is 18.2. The van der Waals surface area contributed by atoms with Crippen LogP contribution >= 0.6 is 34.8 Å². The molecule has 0 saturated heterocycles. The molecule has 0 saturated carbocycles. The predicted octanol–water partition coefficient (Wildman–Crippen LogP) is 9.61. The van der Waals surface area contributed by atoms with E-state index >= 15 is 0 Å². The van der Waals surface area contributed by atoms with Crippen LogP contribution in [0.25, 0.3) is 10.4 Å². The van der Waals surface area contributed by atoms with E-state index in [-0.39, 0.29) is 113 Å². The number of nitrogens with zero attached hydrogens (tertiary/aromatic N) is 9. The second kappa shape index (κ2) is 42.4. The first-order valence-electron chi connectivity index (χ1n) is 32.9. The van der Waals surface area contributed by atoms with Crippen LogP contribution in [0.2, 0.25) is 0 Å². The first kappa shape index (κ1) is 84.4. The molecule has 27 heteroatoms. The summed E-state index contributed by atoms with van der Waals surface area (Å²) < 4.78 is 37.0. The highest BCUT2D eigenvalue weighted by atomic mass is 35.5. The van der Waals surface area contributed by atoms with E-state index in [1.807, 2.05) is 136 Å². The van der Waals surface area contributed by atoms with Crippen LogP contribution in [0.1, 0.15) is 103 Å². The maximum atomic E-state index is 10.2. The maximum absolute atomic E-state index is 10.2. The second-order valence-corrected chi connectivity index (χ2v) is 26.5. The van der Waals surface area contributed by atoms with Crippen LogP contribution in [0.5, 0.6) is 34.5 Å². The molecule has 2 aromatic heterocycles. The topological polar surface area (TPSA) is 348 Å². The summed E-state index contributed by atoms with van der Waals surface area (Å²) in [7, 11) is 0. The van der Waals surface area contributed by atoms with Crippen molar-refractivity contribution in [3.05, 3.63) is 212 Å². The molecule has 0 radical (unpaired) electrons. The van der Waals surface area contributed by atoms with Gasteiger partial charge in [-0.05, 0) is 131 Å². The monoisotopic (exact) mass is 1470 g/mol. The van der Waals surface area contributed by atoms with E-state index in [0.29, 0.717) is 28.6 Å². The Bertz CT molecular complexity index is 3870. The fourth-order valence-corrected chi connectivity index (χ4v) is 10.3. The minimum atomic E-state index is -0.841. The van der Waals surface area contributed by atoms with Gasteiger partial charge in [-0.1, -0.05) is 136 Å². The van der Waals surface area contributed by atoms with Gasteiger partial charge in [0, 0.05) is 21.2 Å². The van der Waals surface area contributed by atoms with Crippen molar-refractivity contribution in [1.29, 1.82) is 0 Å². The largest absolute Gasteiger partial charge is 0.491 e. The molecular weight excluding hydrogens is 1370 g/mol. The van der Waals surface area contributed by atoms with Crippen LogP contribution in [0.4, 0.5) is 0 Å². The molecule has 24 nitrogen and oxygen atoms in total. The zero-order valence-corrected chi connectivity index (χ0v) is 61.3. The highest BCUT2D eigenvalue weighted by molar-refractivity contribution is 6.18. The number of hydrogen-bond acceptors (Lipinski definition) is 20. The quantitative estimate of drug-likeness (QED) is 0.00586. The molecule has 6 atom stereocenters. The minimum Gasteiger partial charge on any atom is -0.491 e. The number of rotatable bonds is 35. The highest BCUT2D eigenvalue weighted by Crippen LogP contribution is 2.38. The molecule has 0 spiro atoms. The number of aliphatic hydroxyl groups excluding tert-OH is 9. The normalized spacial score (nSPS) is 13.1. The first-order chi connectivity index (χ1) is 48.6. The van der Waals surface area contributed by atoms with E-state index in [4.69, 9.17) is 79.0 Å². The number of benzene rings is 6. The highest BCUT2D eigenvalue weighted by Gasteiger charge is 2.28. The van der Waals surface area contributed by atoms with Gasteiger partial charge in [0.1, 0.15) is 117 Å². The van der Waals surface area contributed by atoms with Crippen LogP contribution in [0.3, 0.4) is 0 Å².